The Morgan fingerprint density at radius 1 is 1.73 bits per heavy atom. The zero-order valence-corrected chi connectivity index (χ0v) is 10.9. The normalized spacial score (nSPS) is 12.5. The van der Waals surface area contributed by atoms with Crippen molar-refractivity contribution < 1.29 is 9.90 Å². The van der Waals surface area contributed by atoms with E-state index in [0.29, 0.717) is 12.0 Å². The second kappa shape index (κ2) is 6.25. The molecule has 0 fully saturated rings. The van der Waals surface area contributed by atoms with Gasteiger partial charge in [-0.05, 0) is 34.8 Å². The average Bonchev–Trinajstić information content (AvgIpc) is 2.64. The second-order valence-corrected chi connectivity index (χ2v) is 5.52. The van der Waals surface area contributed by atoms with Crippen molar-refractivity contribution in [1.29, 1.82) is 0 Å². The van der Waals surface area contributed by atoms with Crippen LogP contribution in [-0.2, 0) is 0 Å². The number of carbonyl (C=O) groups excluding carboxylic acids is 1. The van der Waals surface area contributed by atoms with Crippen molar-refractivity contribution in [2.75, 3.05) is 6.61 Å². The summed E-state index contributed by atoms with van der Waals surface area (Å²) >= 11 is 4.80. The Hall–Kier alpha value is -0.390. The average molecular weight is 292 g/mol. The number of aliphatic hydroxyl groups excluding tert-OH is 1. The lowest BCUT2D eigenvalue weighted by atomic mass is 10.1. The van der Waals surface area contributed by atoms with Gasteiger partial charge in [0.05, 0.1) is 9.35 Å². The molecule has 0 saturated heterocycles. The Bertz CT molecular complexity index is 327. The third-order valence-electron chi connectivity index (χ3n) is 2.14. The molecule has 0 saturated carbocycles. The first-order valence-electron chi connectivity index (χ1n) is 4.83. The number of halogens is 1. The minimum atomic E-state index is -0.0720. The summed E-state index contributed by atoms with van der Waals surface area (Å²) in [6.45, 7) is 2.09. The fraction of sp³-hybridized carbons (Fsp3) is 0.500. The van der Waals surface area contributed by atoms with E-state index in [1.54, 1.807) is 6.07 Å². The first-order valence-corrected chi connectivity index (χ1v) is 6.50. The maximum Gasteiger partial charge on any atom is 0.252 e. The van der Waals surface area contributed by atoms with Gasteiger partial charge in [-0.1, -0.05) is 6.92 Å². The molecule has 0 aliphatic rings. The van der Waals surface area contributed by atoms with Crippen LogP contribution in [0.25, 0.3) is 0 Å². The van der Waals surface area contributed by atoms with Gasteiger partial charge in [-0.15, -0.1) is 11.3 Å². The predicted octanol–water partition coefficient (Wildman–Crippen LogP) is 2.40. The van der Waals surface area contributed by atoms with Crippen molar-refractivity contribution in [3.8, 4) is 0 Å². The number of thiophene rings is 1. The summed E-state index contributed by atoms with van der Waals surface area (Å²) in [4.78, 5) is 11.7. The summed E-state index contributed by atoms with van der Waals surface area (Å²) in [6, 6.07) is 1.85. The summed E-state index contributed by atoms with van der Waals surface area (Å²) in [6.07, 6.45) is 1.44. The number of carbonyl (C=O) groups is 1. The van der Waals surface area contributed by atoms with Gasteiger partial charge in [-0.2, -0.15) is 0 Å². The van der Waals surface area contributed by atoms with Crippen molar-refractivity contribution in [2.24, 2.45) is 0 Å². The van der Waals surface area contributed by atoms with E-state index in [4.69, 9.17) is 5.11 Å². The lowest BCUT2D eigenvalue weighted by Crippen LogP contribution is -2.34. The topological polar surface area (TPSA) is 49.3 Å². The fourth-order valence-electron chi connectivity index (χ4n) is 1.23. The van der Waals surface area contributed by atoms with E-state index in [1.165, 1.54) is 11.3 Å². The van der Waals surface area contributed by atoms with Crippen LogP contribution in [0.15, 0.2) is 15.2 Å². The molecule has 0 aromatic carbocycles. The van der Waals surface area contributed by atoms with Gasteiger partial charge < -0.3 is 10.4 Å². The van der Waals surface area contributed by atoms with Crippen molar-refractivity contribution in [3.05, 3.63) is 20.8 Å². The van der Waals surface area contributed by atoms with Crippen LogP contribution in [-0.4, -0.2) is 23.7 Å². The standard InChI is InChI=1S/C10H14BrNO2S/c1-2-8(3-4-13)12-10(14)7-5-9(11)15-6-7/h5-6,8,13H,2-4H2,1H3,(H,12,14). The number of hydrogen-bond acceptors (Lipinski definition) is 3. The molecule has 5 heteroatoms. The fourth-order valence-corrected chi connectivity index (χ4v) is 2.37. The lowest BCUT2D eigenvalue weighted by molar-refractivity contribution is 0.0929. The third kappa shape index (κ3) is 3.93. The maximum absolute atomic E-state index is 11.7. The van der Waals surface area contributed by atoms with Gasteiger partial charge in [0.2, 0.25) is 0 Å². The molecule has 1 atom stereocenters. The molecule has 0 aliphatic heterocycles. The van der Waals surface area contributed by atoms with E-state index in [9.17, 15) is 4.79 Å². The van der Waals surface area contributed by atoms with Crippen LogP contribution in [0.4, 0.5) is 0 Å². The molecule has 0 aliphatic carbocycles. The highest BCUT2D eigenvalue weighted by atomic mass is 79.9. The van der Waals surface area contributed by atoms with Crippen molar-refractivity contribution in [3.63, 3.8) is 0 Å². The summed E-state index contributed by atoms with van der Waals surface area (Å²) in [5.74, 6) is -0.0720. The molecule has 3 nitrogen and oxygen atoms in total. The van der Waals surface area contributed by atoms with Crippen LogP contribution in [0.1, 0.15) is 30.1 Å². The zero-order valence-electron chi connectivity index (χ0n) is 8.50. The summed E-state index contributed by atoms with van der Waals surface area (Å²) < 4.78 is 0.947. The number of nitrogens with one attached hydrogen (secondary N) is 1. The number of aliphatic hydroxyl groups is 1. The van der Waals surface area contributed by atoms with Gasteiger partial charge in [0.15, 0.2) is 0 Å². The molecule has 0 bridgehead atoms. The van der Waals surface area contributed by atoms with Crippen LogP contribution in [0.2, 0.25) is 0 Å². The van der Waals surface area contributed by atoms with Gasteiger partial charge in [-0.25, -0.2) is 0 Å². The minimum Gasteiger partial charge on any atom is -0.396 e. The second-order valence-electron chi connectivity index (χ2n) is 3.23. The van der Waals surface area contributed by atoms with Crippen LogP contribution >= 0.6 is 27.3 Å². The largest absolute Gasteiger partial charge is 0.396 e. The Labute approximate surface area is 102 Å². The van der Waals surface area contributed by atoms with Crippen LogP contribution in [0, 0.1) is 0 Å². The van der Waals surface area contributed by atoms with Crippen LogP contribution in [0.3, 0.4) is 0 Å². The highest BCUT2D eigenvalue weighted by molar-refractivity contribution is 9.11. The predicted molar refractivity (Wildman–Crippen MR) is 65.3 cm³/mol. The number of hydrogen-bond donors (Lipinski definition) is 2. The minimum absolute atomic E-state index is 0.0566. The molecule has 1 unspecified atom stereocenters. The lowest BCUT2D eigenvalue weighted by Gasteiger charge is -2.14. The van der Waals surface area contributed by atoms with Gasteiger partial charge >= 0.3 is 0 Å². The Morgan fingerprint density at radius 3 is 2.93 bits per heavy atom. The molecule has 1 aromatic rings. The molecule has 1 rings (SSSR count). The van der Waals surface area contributed by atoms with E-state index in [1.807, 2.05) is 12.3 Å². The first-order chi connectivity index (χ1) is 7.17. The van der Waals surface area contributed by atoms with Crippen LogP contribution in [0.5, 0.6) is 0 Å². The molecule has 2 N–H and O–H groups in total. The monoisotopic (exact) mass is 291 g/mol. The van der Waals surface area contributed by atoms with E-state index in [-0.39, 0.29) is 18.6 Å². The Kier molecular flexibility index (Phi) is 5.28. The molecule has 1 amide bonds. The van der Waals surface area contributed by atoms with Crippen molar-refractivity contribution >= 4 is 33.2 Å². The maximum atomic E-state index is 11.7. The summed E-state index contributed by atoms with van der Waals surface area (Å²) in [5, 5.41) is 13.5. The highest BCUT2D eigenvalue weighted by Crippen LogP contribution is 2.20. The molecule has 15 heavy (non-hydrogen) atoms. The van der Waals surface area contributed by atoms with Crippen LogP contribution < -0.4 is 5.32 Å². The summed E-state index contributed by atoms with van der Waals surface area (Å²) in [7, 11) is 0. The van der Waals surface area contributed by atoms with E-state index < -0.39 is 0 Å². The van der Waals surface area contributed by atoms with E-state index in [2.05, 4.69) is 21.2 Å². The third-order valence-corrected chi connectivity index (χ3v) is 3.64. The number of rotatable bonds is 5. The number of amides is 1. The molecule has 84 valence electrons. The quantitative estimate of drug-likeness (QED) is 0.875. The molecule has 0 radical (unpaired) electrons. The molecular formula is C10H14BrNO2S. The van der Waals surface area contributed by atoms with Gasteiger partial charge in [-0.3, -0.25) is 4.79 Å². The van der Waals surface area contributed by atoms with Gasteiger partial charge in [0, 0.05) is 18.0 Å². The molecule has 1 aromatic heterocycles. The SMILES string of the molecule is CCC(CCO)NC(=O)c1csc(Br)c1. The van der Waals surface area contributed by atoms with Gasteiger partial charge in [0.1, 0.15) is 0 Å². The summed E-state index contributed by atoms with van der Waals surface area (Å²) in [5.41, 5.74) is 0.670. The highest BCUT2D eigenvalue weighted by Gasteiger charge is 2.12. The zero-order chi connectivity index (χ0) is 11.3. The van der Waals surface area contributed by atoms with Crippen molar-refractivity contribution in [2.45, 2.75) is 25.8 Å². The Morgan fingerprint density at radius 2 is 2.47 bits per heavy atom. The van der Waals surface area contributed by atoms with E-state index >= 15 is 0 Å². The Balaban J connectivity index is 2.54. The smallest absolute Gasteiger partial charge is 0.252 e. The van der Waals surface area contributed by atoms with Gasteiger partial charge in [0.25, 0.3) is 5.91 Å². The molecule has 0 spiro atoms. The van der Waals surface area contributed by atoms with Crippen molar-refractivity contribution in [1.82, 2.24) is 5.32 Å². The molecule has 1 heterocycles. The first kappa shape index (κ1) is 12.7. The van der Waals surface area contributed by atoms with E-state index in [0.717, 1.165) is 10.2 Å². The molecular weight excluding hydrogens is 278 g/mol.